The third-order valence-corrected chi connectivity index (χ3v) is 2.50. The molecule has 0 saturated carbocycles. The van der Waals surface area contributed by atoms with Crippen molar-refractivity contribution in [3.63, 3.8) is 0 Å². The second-order valence-electron chi connectivity index (χ2n) is 3.41. The van der Waals surface area contributed by atoms with Gasteiger partial charge in [-0.15, -0.1) is 0 Å². The van der Waals surface area contributed by atoms with Gasteiger partial charge in [-0.1, -0.05) is 18.5 Å². The van der Waals surface area contributed by atoms with E-state index in [2.05, 4.69) is 5.10 Å². The summed E-state index contributed by atoms with van der Waals surface area (Å²) in [7, 11) is 0. The van der Waals surface area contributed by atoms with Gasteiger partial charge in [0, 0.05) is 6.20 Å². The lowest BCUT2D eigenvalue weighted by molar-refractivity contribution is 0.0486. The first-order chi connectivity index (χ1) is 7.17. The van der Waals surface area contributed by atoms with Crippen LogP contribution >= 0.6 is 11.6 Å². The Labute approximate surface area is 94.2 Å². The SMILES string of the molecule is CC[C@H](C)OCc1nn(CCF)cc1Cl. The van der Waals surface area contributed by atoms with Crippen LogP contribution in [0, 0.1) is 0 Å². The third kappa shape index (κ3) is 3.80. The number of nitrogens with zero attached hydrogens (tertiary/aromatic N) is 2. The van der Waals surface area contributed by atoms with Gasteiger partial charge in [-0.3, -0.25) is 4.68 Å². The average molecular weight is 235 g/mol. The van der Waals surface area contributed by atoms with Crippen LogP contribution in [-0.4, -0.2) is 22.6 Å². The second kappa shape index (κ2) is 6.08. The molecule has 0 N–H and O–H groups in total. The highest BCUT2D eigenvalue weighted by Crippen LogP contribution is 2.15. The normalized spacial score (nSPS) is 13.1. The van der Waals surface area contributed by atoms with Crippen LogP contribution in [0.25, 0.3) is 0 Å². The van der Waals surface area contributed by atoms with Gasteiger partial charge in [0.2, 0.25) is 0 Å². The van der Waals surface area contributed by atoms with E-state index >= 15 is 0 Å². The lowest BCUT2D eigenvalue weighted by atomic mass is 10.3. The average Bonchev–Trinajstić information content (AvgIpc) is 2.56. The molecule has 0 aromatic carbocycles. The third-order valence-electron chi connectivity index (χ3n) is 2.18. The van der Waals surface area contributed by atoms with Gasteiger partial charge >= 0.3 is 0 Å². The van der Waals surface area contributed by atoms with Crippen molar-refractivity contribution in [1.29, 1.82) is 0 Å². The Hall–Kier alpha value is -0.610. The van der Waals surface area contributed by atoms with Crippen LogP contribution in [-0.2, 0) is 17.9 Å². The standard InChI is InChI=1S/C10H16ClFN2O/c1-3-8(2)15-7-10-9(11)6-14(13-10)5-4-12/h6,8H,3-5,7H2,1-2H3/t8-/m0/s1. The maximum atomic E-state index is 12.1. The lowest BCUT2D eigenvalue weighted by Crippen LogP contribution is -2.07. The quantitative estimate of drug-likeness (QED) is 0.757. The summed E-state index contributed by atoms with van der Waals surface area (Å²) >= 11 is 5.92. The van der Waals surface area contributed by atoms with Crippen LogP contribution in [0.5, 0.6) is 0 Å². The molecule has 0 aliphatic rings. The number of halogens is 2. The smallest absolute Gasteiger partial charge is 0.109 e. The van der Waals surface area contributed by atoms with E-state index in [0.29, 0.717) is 17.3 Å². The van der Waals surface area contributed by atoms with E-state index in [9.17, 15) is 4.39 Å². The minimum Gasteiger partial charge on any atom is -0.372 e. The molecule has 0 aliphatic carbocycles. The first-order valence-corrected chi connectivity index (χ1v) is 5.44. The molecule has 1 atom stereocenters. The molecule has 0 aliphatic heterocycles. The van der Waals surface area contributed by atoms with E-state index in [4.69, 9.17) is 16.3 Å². The van der Waals surface area contributed by atoms with Crippen molar-refractivity contribution in [2.24, 2.45) is 0 Å². The number of ether oxygens (including phenoxy) is 1. The number of hydrogen-bond donors (Lipinski definition) is 0. The van der Waals surface area contributed by atoms with E-state index in [-0.39, 0.29) is 12.6 Å². The Morgan fingerprint density at radius 3 is 3.00 bits per heavy atom. The minimum atomic E-state index is -0.441. The van der Waals surface area contributed by atoms with Gasteiger partial charge < -0.3 is 4.74 Å². The van der Waals surface area contributed by atoms with E-state index in [1.807, 2.05) is 13.8 Å². The first-order valence-electron chi connectivity index (χ1n) is 5.06. The van der Waals surface area contributed by atoms with Crippen molar-refractivity contribution < 1.29 is 9.13 Å². The summed E-state index contributed by atoms with van der Waals surface area (Å²) in [5.74, 6) is 0. The zero-order chi connectivity index (χ0) is 11.3. The highest BCUT2D eigenvalue weighted by atomic mass is 35.5. The highest BCUT2D eigenvalue weighted by Gasteiger charge is 2.08. The Morgan fingerprint density at radius 1 is 1.67 bits per heavy atom. The highest BCUT2D eigenvalue weighted by molar-refractivity contribution is 6.31. The summed E-state index contributed by atoms with van der Waals surface area (Å²) < 4.78 is 19.0. The molecule has 0 fully saturated rings. The molecule has 1 rings (SSSR count). The van der Waals surface area contributed by atoms with Crippen LogP contribution in [0.2, 0.25) is 5.02 Å². The van der Waals surface area contributed by atoms with Gasteiger partial charge in [-0.2, -0.15) is 5.10 Å². The van der Waals surface area contributed by atoms with Crippen LogP contribution in [0.1, 0.15) is 26.0 Å². The largest absolute Gasteiger partial charge is 0.372 e. The summed E-state index contributed by atoms with van der Waals surface area (Å²) in [6, 6.07) is 0. The van der Waals surface area contributed by atoms with Crippen LogP contribution in [0.15, 0.2) is 6.20 Å². The Balaban J connectivity index is 2.53. The fourth-order valence-corrected chi connectivity index (χ4v) is 1.28. The van der Waals surface area contributed by atoms with Gasteiger partial charge in [0.25, 0.3) is 0 Å². The number of aromatic nitrogens is 2. The summed E-state index contributed by atoms with van der Waals surface area (Å²) in [4.78, 5) is 0. The van der Waals surface area contributed by atoms with E-state index in [1.54, 1.807) is 6.20 Å². The summed E-state index contributed by atoms with van der Waals surface area (Å²) in [5, 5.41) is 4.66. The molecule has 86 valence electrons. The van der Waals surface area contributed by atoms with E-state index in [0.717, 1.165) is 6.42 Å². The molecule has 1 heterocycles. The lowest BCUT2D eigenvalue weighted by Gasteiger charge is -2.08. The molecule has 0 unspecified atom stereocenters. The Kier molecular flexibility index (Phi) is 5.05. The maximum Gasteiger partial charge on any atom is 0.109 e. The van der Waals surface area contributed by atoms with Crippen LogP contribution in [0.3, 0.4) is 0 Å². The Bertz CT molecular complexity index is 304. The number of hydrogen-bond acceptors (Lipinski definition) is 2. The molecule has 0 amide bonds. The predicted molar refractivity (Wildman–Crippen MR) is 57.8 cm³/mol. The monoisotopic (exact) mass is 234 g/mol. The molecule has 0 bridgehead atoms. The summed E-state index contributed by atoms with van der Waals surface area (Å²) in [6.45, 7) is 4.22. The minimum absolute atomic E-state index is 0.187. The molecule has 0 radical (unpaired) electrons. The van der Waals surface area contributed by atoms with Gasteiger partial charge in [0.05, 0.1) is 24.3 Å². The second-order valence-corrected chi connectivity index (χ2v) is 3.81. The van der Waals surface area contributed by atoms with Crippen LogP contribution in [0.4, 0.5) is 4.39 Å². The topological polar surface area (TPSA) is 27.1 Å². The van der Waals surface area contributed by atoms with Crippen LogP contribution < -0.4 is 0 Å². The molecule has 3 nitrogen and oxygen atoms in total. The van der Waals surface area contributed by atoms with Crippen molar-refractivity contribution in [1.82, 2.24) is 9.78 Å². The number of aryl methyl sites for hydroxylation is 1. The van der Waals surface area contributed by atoms with Gasteiger partial charge in [0.1, 0.15) is 12.4 Å². The van der Waals surface area contributed by atoms with Crippen molar-refractivity contribution >= 4 is 11.6 Å². The molecular formula is C10H16ClFN2O. The Morgan fingerprint density at radius 2 is 2.40 bits per heavy atom. The molecule has 0 saturated heterocycles. The number of alkyl halides is 1. The van der Waals surface area contributed by atoms with Crippen molar-refractivity contribution in [2.45, 2.75) is 39.5 Å². The predicted octanol–water partition coefficient (Wildman–Crippen LogP) is 2.82. The molecule has 1 aromatic heterocycles. The van der Waals surface area contributed by atoms with Gasteiger partial charge in [-0.25, -0.2) is 4.39 Å². The zero-order valence-electron chi connectivity index (χ0n) is 9.04. The van der Waals surface area contributed by atoms with Crippen molar-refractivity contribution in [2.75, 3.05) is 6.67 Å². The fourth-order valence-electron chi connectivity index (χ4n) is 1.08. The van der Waals surface area contributed by atoms with Crippen molar-refractivity contribution in [3.05, 3.63) is 16.9 Å². The maximum absolute atomic E-state index is 12.1. The van der Waals surface area contributed by atoms with Gasteiger partial charge in [-0.05, 0) is 13.3 Å². The molecule has 1 aromatic rings. The molecule has 15 heavy (non-hydrogen) atoms. The van der Waals surface area contributed by atoms with E-state index < -0.39 is 6.67 Å². The first kappa shape index (κ1) is 12.5. The zero-order valence-corrected chi connectivity index (χ0v) is 9.80. The number of rotatable bonds is 6. The van der Waals surface area contributed by atoms with Crippen molar-refractivity contribution in [3.8, 4) is 0 Å². The summed E-state index contributed by atoms with van der Waals surface area (Å²) in [5.41, 5.74) is 0.672. The molecule has 0 spiro atoms. The molecular weight excluding hydrogens is 219 g/mol. The van der Waals surface area contributed by atoms with Gasteiger partial charge in [0.15, 0.2) is 0 Å². The summed E-state index contributed by atoms with van der Waals surface area (Å²) in [6.07, 6.45) is 2.76. The van der Waals surface area contributed by atoms with E-state index in [1.165, 1.54) is 4.68 Å². The fraction of sp³-hybridized carbons (Fsp3) is 0.700. The molecule has 5 heteroatoms.